The quantitative estimate of drug-likeness (QED) is 0.579. The minimum absolute atomic E-state index is 0.0289. The lowest BCUT2D eigenvalue weighted by molar-refractivity contribution is -0.115. The predicted octanol–water partition coefficient (Wildman–Crippen LogP) is 4.65. The highest BCUT2D eigenvalue weighted by Crippen LogP contribution is 2.32. The number of benzene rings is 1. The number of furan rings is 1. The molecule has 0 N–H and O–H groups in total. The molecular weight excluding hydrogens is 364 g/mol. The number of thiazole rings is 1. The first-order valence-corrected chi connectivity index (χ1v) is 9.43. The molecule has 2 aromatic heterocycles. The molecule has 27 heavy (non-hydrogen) atoms. The van der Waals surface area contributed by atoms with Crippen molar-refractivity contribution < 1.29 is 18.7 Å². The summed E-state index contributed by atoms with van der Waals surface area (Å²) in [5.74, 6) is -0.0729. The molecule has 1 aromatic carbocycles. The maximum atomic E-state index is 12.3. The molecule has 0 saturated heterocycles. The molecule has 6 nitrogen and oxygen atoms in total. The van der Waals surface area contributed by atoms with E-state index >= 15 is 0 Å². The Balaban J connectivity index is 1.77. The van der Waals surface area contributed by atoms with E-state index in [2.05, 4.69) is 4.98 Å². The highest BCUT2D eigenvalue weighted by atomic mass is 32.1. The summed E-state index contributed by atoms with van der Waals surface area (Å²) < 4.78 is 10.4. The van der Waals surface area contributed by atoms with Gasteiger partial charge in [-0.25, -0.2) is 9.78 Å². The number of ether oxygens (including phenoxy) is 1. The lowest BCUT2D eigenvalue weighted by Gasteiger charge is -2.20. The van der Waals surface area contributed by atoms with Crippen LogP contribution in [0.3, 0.4) is 0 Å². The van der Waals surface area contributed by atoms with Crippen LogP contribution in [0.1, 0.15) is 41.2 Å². The molecule has 140 valence electrons. The standard InChI is InChI=1S/C20H20N2O4S/c1-4-15-7-5-6-8-18(15)22(14(3)23)20-21-16(12-27-20)11-26-19(24)17-9-10-25-13(17)2/h5-10,12H,4,11H2,1-3H3. The molecule has 2 heterocycles. The molecule has 1 amide bonds. The summed E-state index contributed by atoms with van der Waals surface area (Å²) in [5.41, 5.74) is 2.86. The minimum Gasteiger partial charge on any atom is -0.469 e. The summed E-state index contributed by atoms with van der Waals surface area (Å²) in [5, 5.41) is 2.34. The number of para-hydroxylation sites is 1. The molecule has 0 spiro atoms. The molecule has 0 fully saturated rings. The van der Waals surface area contributed by atoms with Gasteiger partial charge in [0.2, 0.25) is 5.91 Å². The van der Waals surface area contributed by atoms with Crippen LogP contribution in [0, 0.1) is 6.92 Å². The largest absolute Gasteiger partial charge is 0.469 e. The Labute approximate surface area is 161 Å². The number of rotatable bonds is 6. The highest BCUT2D eigenvalue weighted by Gasteiger charge is 2.21. The Bertz CT molecular complexity index is 960. The van der Waals surface area contributed by atoms with Gasteiger partial charge in [0.15, 0.2) is 5.13 Å². The van der Waals surface area contributed by atoms with E-state index in [1.165, 1.54) is 24.5 Å². The van der Waals surface area contributed by atoms with E-state index < -0.39 is 5.97 Å². The smallest absolute Gasteiger partial charge is 0.342 e. The zero-order chi connectivity index (χ0) is 19.4. The normalized spacial score (nSPS) is 10.6. The first kappa shape index (κ1) is 18.8. The Kier molecular flexibility index (Phi) is 5.71. The van der Waals surface area contributed by atoms with Crippen molar-refractivity contribution in [3.8, 4) is 0 Å². The number of anilines is 2. The first-order valence-electron chi connectivity index (χ1n) is 8.55. The Hall–Kier alpha value is -2.93. The molecule has 0 aliphatic carbocycles. The summed E-state index contributed by atoms with van der Waals surface area (Å²) >= 11 is 1.34. The van der Waals surface area contributed by atoms with E-state index in [4.69, 9.17) is 9.15 Å². The minimum atomic E-state index is -0.462. The third kappa shape index (κ3) is 4.09. The van der Waals surface area contributed by atoms with Gasteiger partial charge in [-0.05, 0) is 31.0 Å². The topological polar surface area (TPSA) is 72.6 Å². The third-order valence-electron chi connectivity index (χ3n) is 4.09. The monoisotopic (exact) mass is 384 g/mol. The molecule has 0 aliphatic heterocycles. The van der Waals surface area contributed by atoms with Gasteiger partial charge in [-0.15, -0.1) is 11.3 Å². The van der Waals surface area contributed by atoms with Crippen molar-refractivity contribution in [1.29, 1.82) is 0 Å². The maximum absolute atomic E-state index is 12.3. The second-order valence-corrected chi connectivity index (χ2v) is 6.76. The van der Waals surface area contributed by atoms with Gasteiger partial charge in [-0.3, -0.25) is 9.69 Å². The van der Waals surface area contributed by atoms with Gasteiger partial charge >= 0.3 is 5.97 Å². The molecule has 0 atom stereocenters. The average molecular weight is 384 g/mol. The molecule has 0 bridgehead atoms. The number of carbonyl (C=O) groups excluding carboxylic acids is 2. The van der Waals surface area contributed by atoms with Crippen LogP contribution in [0.2, 0.25) is 0 Å². The zero-order valence-electron chi connectivity index (χ0n) is 15.4. The summed E-state index contributed by atoms with van der Waals surface area (Å²) in [6.07, 6.45) is 2.25. The molecule has 0 radical (unpaired) electrons. The van der Waals surface area contributed by atoms with E-state index in [1.807, 2.05) is 31.2 Å². The van der Waals surface area contributed by atoms with Crippen molar-refractivity contribution in [3.05, 3.63) is 64.6 Å². The van der Waals surface area contributed by atoms with Crippen LogP contribution in [0.5, 0.6) is 0 Å². The fourth-order valence-electron chi connectivity index (χ4n) is 2.71. The van der Waals surface area contributed by atoms with Crippen LogP contribution in [0.4, 0.5) is 10.8 Å². The number of esters is 1. The molecule has 7 heteroatoms. The molecule has 0 saturated carbocycles. The predicted molar refractivity (Wildman–Crippen MR) is 103 cm³/mol. The van der Waals surface area contributed by atoms with Crippen molar-refractivity contribution in [3.63, 3.8) is 0 Å². The number of aryl methyl sites for hydroxylation is 2. The van der Waals surface area contributed by atoms with Crippen molar-refractivity contribution in [2.75, 3.05) is 4.90 Å². The average Bonchev–Trinajstić information content (AvgIpc) is 3.29. The highest BCUT2D eigenvalue weighted by molar-refractivity contribution is 7.14. The molecule has 0 unspecified atom stereocenters. The van der Waals surface area contributed by atoms with Crippen LogP contribution in [-0.2, 0) is 22.6 Å². The third-order valence-corrected chi connectivity index (χ3v) is 4.96. The number of amides is 1. The lowest BCUT2D eigenvalue weighted by atomic mass is 10.1. The molecule has 3 aromatic rings. The maximum Gasteiger partial charge on any atom is 0.342 e. The van der Waals surface area contributed by atoms with E-state index in [1.54, 1.807) is 23.3 Å². The van der Waals surface area contributed by atoms with Gasteiger partial charge in [-0.2, -0.15) is 0 Å². The van der Waals surface area contributed by atoms with Gasteiger partial charge < -0.3 is 9.15 Å². The second-order valence-electron chi connectivity index (χ2n) is 5.92. The summed E-state index contributed by atoms with van der Waals surface area (Å²) in [6.45, 7) is 5.28. The SMILES string of the molecule is CCc1ccccc1N(C(C)=O)c1nc(COC(=O)c2ccoc2C)cs1. The van der Waals surface area contributed by atoms with Gasteiger partial charge in [0.25, 0.3) is 0 Å². The van der Waals surface area contributed by atoms with Crippen molar-refractivity contribution in [2.45, 2.75) is 33.8 Å². The fraction of sp³-hybridized carbons (Fsp3) is 0.250. The van der Waals surface area contributed by atoms with E-state index in [9.17, 15) is 9.59 Å². The van der Waals surface area contributed by atoms with E-state index in [-0.39, 0.29) is 12.5 Å². The van der Waals surface area contributed by atoms with Crippen LogP contribution < -0.4 is 4.90 Å². The lowest BCUT2D eigenvalue weighted by Crippen LogP contribution is -2.23. The number of aromatic nitrogens is 1. The Morgan fingerprint density at radius 1 is 1.26 bits per heavy atom. The summed E-state index contributed by atoms with van der Waals surface area (Å²) in [6, 6.07) is 9.32. The van der Waals surface area contributed by atoms with Gasteiger partial charge in [0.05, 0.1) is 17.6 Å². The number of carbonyl (C=O) groups is 2. The fourth-order valence-corrected chi connectivity index (χ4v) is 3.58. The summed E-state index contributed by atoms with van der Waals surface area (Å²) in [7, 11) is 0. The number of nitrogens with zero attached hydrogens (tertiary/aromatic N) is 2. The first-order chi connectivity index (χ1) is 13.0. The number of hydrogen-bond acceptors (Lipinski definition) is 6. The van der Waals surface area contributed by atoms with Crippen LogP contribution in [0.15, 0.2) is 46.4 Å². The zero-order valence-corrected chi connectivity index (χ0v) is 16.2. The van der Waals surface area contributed by atoms with E-state index in [0.29, 0.717) is 22.1 Å². The van der Waals surface area contributed by atoms with Crippen LogP contribution in [0.25, 0.3) is 0 Å². The van der Waals surface area contributed by atoms with Crippen LogP contribution >= 0.6 is 11.3 Å². The van der Waals surface area contributed by atoms with Crippen molar-refractivity contribution in [2.24, 2.45) is 0 Å². The van der Waals surface area contributed by atoms with Crippen molar-refractivity contribution >= 4 is 34.0 Å². The molecule has 0 aliphatic rings. The number of hydrogen-bond donors (Lipinski definition) is 0. The second kappa shape index (κ2) is 8.18. The van der Waals surface area contributed by atoms with E-state index in [0.717, 1.165) is 17.7 Å². The molecule has 3 rings (SSSR count). The van der Waals surface area contributed by atoms with Gasteiger partial charge in [0, 0.05) is 12.3 Å². The summed E-state index contributed by atoms with van der Waals surface area (Å²) in [4.78, 5) is 30.4. The Morgan fingerprint density at radius 3 is 2.70 bits per heavy atom. The van der Waals surface area contributed by atoms with Crippen LogP contribution in [-0.4, -0.2) is 16.9 Å². The van der Waals surface area contributed by atoms with Crippen molar-refractivity contribution in [1.82, 2.24) is 4.98 Å². The van der Waals surface area contributed by atoms with Gasteiger partial charge in [-0.1, -0.05) is 25.1 Å². The Morgan fingerprint density at radius 2 is 2.04 bits per heavy atom. The molecular formula is C20H20N2O4S. The van der Waals surface area contributed by atoms with Gasteiger partial charge in [0.1, 0.15) is 17.9 Å².